The van der Waals surface area contributed by atoms with Crippen LogP contribution in [0.1, 0.15) is 52.9 Å². The van der Waals surface area contributed by atoms with Gasteiger partial charge >= 0.3 is 0 Å². The standard InChI is InChI=1S/C13H25N3O2/c1-9-5-4-6-10(8-7-9)15-12(17)13(2,3)11(14)16-18/h9-10,18H,4-8H2,1-3H3,(H2,14,16)(H,15,17). The Morgan fingerprint density at radius 3 is 2.61 bits per heavy atom. The summed E-state index contributed by atoms with van der Waals surface area (Å²) in [5.41, 5.74) is 4.58. The first-order chi connectivity index (χ1) is 8.37. The Balaban J connectivity index is 2.59. The Labute approximate surface area is 109 Å². The third-order valence-electron chi connectivity index (χ3n) is 3.91. The molecule has 0 aliphatic heterocycles. The number of carbonyl (C=O) groups excluding carboxylic acids is 1. The van der Waals surface area contributed by atoms with Gasteiger partial charge in [0.05, 0.1) is 0 Å². The minimum atomic E-state index is -0.966. The molecule has 2 atom stereocenters. The predicted octanol–water partition coefficient (Wildman–Crippen LogP) is 1.84. The second-order valence-corrected chi connectivity index (χ2v) is 5.89. The molecule has 4 N–H and O–H groups in total. The van der Waals surface area contributed by atoms with E-state index in [2.05, 4.69) is 17.4 Å². The molecule has 0 heterocycles. The van der Waals surface area contributed by atoms with Crippen LogP contribution in [0.4, 0.5) is 0 Å². The molecule has 0 radical (unpaired) electrons. The van der Waals surface area contributed by atoms with Crippen LogP contribution >= 0.6 is 0 Å². The van der Waals surface area contributed by atoms with Crippen molar-refractivity contribution in [1.82, 2.24) is 5.32 Å². The molecule has 2 unspecified atom stereocenters. The third kappa shape index (κ3) is 3.62. The molecular weight excluding hydrogens is 230 g/mol. The third-order valence-corrected chi connectivity index (χ3v) is 3.91. The zero-order valence-electron chi connectivity index (χ0n) is 11.6. The van der Waals surface area contributed by atoms with Gasteiger partial charge in [0.15, 0.2) is 5.84 Å². The molecule has 0 aromatic carbocycles. The molecule has 18 heavy (non-hydrogen) atoms. The fraction of sp³-hybridized carbons (Fsp3) is 0.846. The van der Waals surface area contributed by atoms with Gasteiger partial charge in [0.1, 0.15) is 5.41 Å². The molecule has 1 saturated carbocycles. The summed E-state index contributed by atoms with van der Waals surface area (Å²) in [6.07, 6.45) is 5.56. The monoisotopic (exact) mass is 255 g/mol. The van der Waals surface area contributed by atoms with Crippen LogP contribution in [0.15, 0.2) is 5.16 Å². The van der Waals surface area contributed by atoms with Crippen molar-refractivity contribution < 1.29 is 10.0 Å². The summed E-state index contributed by atoms with van der Waals surface area (Å²) < 4.78 is 0. The Morgan fingerprint density at radius 2 is 2.00 bits per heavy atom. The van der Waals surface area contributed by atoms with Crippen molar-refractivity contribution in [2.75, 3.05) is 0 Å². The summed E-state index contributed by atoms with van der Waals surface area (Å²) in [5.74, 6) is 0.517. The van der Waals surface area contributed by atoms with Crippen LogP contribution < -0.4 is 11.1 Å². The van der Waals surface area contributed by atoms with Crippen molar-refractivity contribution in [3.63, 3.8) is 0 Å². The van der Waals surface area contributed by atoms with E-state index >= 15 is 0 Å². The quantitative estimate of drug-likeness (QED) is 0.236. The first kappa shape index (κ1) is 14.8. The second kappa shape index (κ2) is 6.07. The lowest BCUT2D eigenvalue weighted by atomic mass is 9.90. The number of nitrogens with zero attached hydrogens (tertiary/aromatic N) is 1. The molecule has 0 bridgehead atoms. The van der Waals surface area contributed by atoms with Gasteiger partial charge in [0, 0.05) is 6.04 Å². The zero-order chi connectivity index (χ0) is 13.8. The van der Waals surface area contributed by atoms with E-state index in [1.165, 1.54) is 6.42 Å². The van der Waals surface area contributed by atoms with Crippen molar-refractivity contribution in [1.29, 1.82) is 0 Å². The highest BCUT2D eigenvalue weighted by Gasteiger charge is 2.34. The van der Waals surface area contributed by atoms with Gasteiger partial charge in [-0.15, -0.1) is 0 Å². The fourth-order valence-corrected chi connectivity index (χ4v) is 2.24. The lowest BCUT2D eigenvalue weighted by Gasteiger charge is -2.25. The highest BCUT2D eigenvalue weighted by molar-refractivity contribution is 6.05. The smallest absolute Gasteiger partial charge is 0.233 e. The first-order valence-electron chi connectivity index (χ1n) is 6.67. The van der Waals surface area contributed by atoms with E-state index < -0.39 is 5.41 Å². The van der Waals surface area contributed by atoms with Gasteiger partial charge in [-0.25, -0.2) is 0 Å². The van der Waals surface area contributed by atoms with Crippen LogP contribution in [-0.4, -0.2) is 23.0 Å². The number of hydrogen-bond donors (Lipinski definition) is 3. The second-order valence-electron chi connectivity index (χ2n) is 5.89. The number of oxime groups is 1. The Bertz CT molecular complexity index is 326. The molecule has 0 spiro atoms. The van der Waals surface area contributed by atoms with E-state index in [1.807, 2.05) is 0 Å². The van der Waals surface area contributed by atoms with Crippen LogP contribution in [0.2, 0.25) is 0 Å². The van der Waals surface area contributed by atoms with Crippen LogP contribution in [0.5, 0.6) is 0 Å². The number of amides is 1. The molecular formula is C13H25N3O2. The summed E-state index contributed by atoms with van der Waals surface area (Å²) in [6.45, 7) is 5.58. The van der Waals surface area contributed by atoms with Gasteiger partial charge in [-0.05, 0) is 39.0 Å². The van der Waals surface area contributed by atoms with Crippen LogP contribution in [0.3, 0.4) is 0 Å². The van der Waals surface area contributed by atoms with E-state index in [0.717, 1.165) is 31.6 Å². The average Bonchev–Trinajstić information content (AvgIpc) is 2.53. The van der Waals surface area contributed by atoms with Crippen LogP contribution in [-0.2, 0) is 4.79 Å². The van der Waals surface area contributed by atoms with E-state index in [0.29, 0.717) is 0 Å². The minimum Gasteiger partial charge on any atom is -0.409 e. The van der Waals surface area contributed by atoms with Gasteiger partial charge in [0.2, 0.25) is 5.91 Å². The maximum absolute atomic E-state index is 12.1. The highest BCUT2D eigenvalue weighted by Crippen LogP contribution is 2.24. The number of hydrogen-bond acceptors (Lipinski definition) is 3. The van der Waals surface area contributed by atoms with Gasteiger partial charge < -0.3 is 16.3 Å². The number of amidine groups is 1. The molecule has 5 nitrogen and oxygen atoms in total. The molecule has 1 aliphatic carbocycles. The van der Waals surface area contributed by atoms with Gasteiger partial charge in [-0.2, -0.15) is 0 Å². The van der Waals surface area contributed by atoms with Crippen LogP contribution in [0, 0.1) is 11.3 Å². The molecule has 104 valence electrons. The van der Waals surface area contributed by atoms with Gasteiger partial charge in [0.25, 0.3) is 0 Å². The Hall–Kier alpha value is -1.26. The fourth-order valence-electron chi connectivity index (χ4n) is 2.24. The normalized spacial score (nSPS) is 26.5. The van der Waals surface area contributed by atoms with Crippen molar-refractivity contribution in [3.8, 4) is 0 Å². The van der Waals surface area contributed by atoms with E-state index in [4.69, 9.17) is 10.9 Å². The zero-order valence-corrected chi connectivity index (χ0v) is 11.6. The van der Waals surface area contributed by atoms with Crippen LogP contribution in [0.25, 0.3) is 0 Å². The molecule has 1 fully saturated rings. The van der Waals surface area contributed by atoms with E-state index in [9.17, 15) is 4.79 Å². The van der Waals surface area contributed by atoms with Gasteiger partial charge in [-0.1, -0.05) is 24.9 Å². The summed E-state index contributed by atoms with van der Waals surface area (Å²) in [5, 5.41) is 14.7. The number of nitrogens with two attached hydrogens (primary N) is 1. The number of nitrogens with one attached hydrogen (secondary N) is 1. The Morgan fingerprint density at radius 1 is 1.33 bits per heavy atom. The summed E-state index contributed by atoms with van der Waals surface area (Å²) >= 11 is 0. The minimum absolute atomic E-state index is 0.0537. The highest BCUT2D eigenvalue weighted by atomic mass is 16.4. The number of rotatable bonds is 3. The summed E-state index contributed by atoms with van der Waals surface area (Å²) in [7, 11) is 0. The molecule has 1 amide bonds. The summed E-state index contributed by atoms with van der Waals surface area (Å²) in [6, 6.07) is 0.216. The van der Waals surface area contributed by atoms with Crippen molar-refractivity contribution in [2.45, 2.75) is 58.9 Å². The lowest BCUT2D eigenvalue weighted by Crippen LogP contribution is -2.49. The number of carbonyl (C=O) groups is 1. The SMILES string of the molecule is CC1CCCC(NC(=O)C(C)(C)C(N)=NO)CC1. The molecule has 0 saturated heterocycles. The van der Waals surface area contributed by atoms with E-state index in [-0.39, 0.29) is 17.8 Å². The topological polar surface area (TPSA) is 87.7 Å². The summed E-state index contributed by atoms with van der Waals surface area (Å²) in [4.78, 5) is 12.1. The molecule has 0 aromatic rings. The lowest BCUT2D eigenvalue weighted by molar-refractivity contribution is -0.127. The van der Waals surface area contributed by atoms with Crippen molar-refractivity contribution in [2.24, 2.45) is 22.2 Å². The first-order valence-corrected chi connectivity index (χ1v) is 6.67. The molecule has 1 rings (SSSR count). The maximum atomic E-state index is 12.1. The molecule has 0 aromatic heterocycles. The van der Waals surface area contributed by atoms with Gasteiger partial charge in [-0.3, -0.25) is 4.79 Å². The predicted molar refractivity (Wildman–Crippen MR) is 71.4 cm³/mol. The largest absolute Gasteiger partial charge is 0.409 e. The molecule has 5 heteroatoms. The average molecular weight is 255 g/mol. The Kier molecular flexibility index (Phi) is 4.99. The molecule has 1 aliphatic rings. The van der Waals surface area contributed by atoms with Crippen molar-refractivity contribution >= 4 is 11.7 Å². The van der Waals surface area contributed by atoms with E-state index in [1.54, 1.807) is 13.8 Å². The maximum Gasteiger partial charge on any atom is 0.233 e. The van der Waals surface area contributed by atoms with Crippen molar-refractivity contribution in [3.05, 3.63) is 0 Å².